The molecule has 0 radical (unpaired) electrons. The minimum absolute atomic E-state index is 0.0365. The fourth-order valence-corrected chi connectivity index (χ4v) is 5.33. The number of benzene rings is 2. The molecule has 1 atom stereocenters. The van der Waals surface area contributed by atoms with Crippen molar-refractivity contribution in [1.82, 2.24) is 14.8 Å². The summed E-state index contributed by atoms with van der Waals surface area (Å²) in [6, 6.07) is 11.4. The number of piperidine rings is 1. The molecular formula is C25H25ClFN3O2. The molecule has 2 aliphatic heterocycles. The van der Waals surface area contributed by atoms with E-state index in [1.165, 1.54) is 12.1 Å². The van der Waals surface area contributed by atoms with Crippen LogP contribution in [0.1, 0.15) is 34.5 Å². The van der Waals surface area contributed by atoms with Crippen molar-refractivity contribution in [1.29, 1.82) is 0 Å². The van der Waals surface area contributed by atoms with Crippen molar-refractivity contribution >= 4 is 17.5 Å². The monoisotopic (exact) mass is 453 g/mol. The van der Waals surface area contributed by atoms with Gasteiger partial charge in [-0.3, -0.25) is 4.79 Å². The maximum Gasteiger partial charge on any atom is 0.256 e. The Morgan fingerprint density at radius 3 is 2.66 bits per heavy atom. The summed E-state index contributed by atoms with van der Waals surface area (Å²) < 4.78 is 15.8. The van der Waals surface area contributed by atoms with Gasteiger partial charge in [0.15, 0.2) is 0 Å². The SMILES string of the molecule is Cc1c2c(n(-c3ccc(F)cc3Cl)c1-c1ccc(O)cc1)CCN(C1CCCNC1)C2=O. The van der Waals surface area contributed by atoms with E-state index in [9.17, 15) is 14.3 Å². The molecule has 0 spiro atoms. The Balaban J connectivity index is 1.70. The number of nitrogens with zero attached hydrogens (tertiary/aromatic N) is 2. The average Bonchev–Trinajstić information content (AvgIpc) is 3.08. The molecule has 2 N–H and O–H groups in total. The highest BCUT2D eigenvalue weighted by Crippen LogP contribution is 2.39. The van der Waals surface area contributed by atoms with Gasteiger partial charge in [0.2, 0.25) is 0 Å². The number of fused-ring (bicyclic) bond motifs is 1. The molecule has 7 heteroatoms. The van der Waals surface area contributed by atoms with E-state index < -0.39 is 5.82 Å². The van der Waals surface area contributed by atoms with Crippen molar-refractivity contribution in [3.8, 4) is 22.7 Å². The fourth-order valence-electron chi connectivity index (χ4n) is 5.08. The highest BCUT2D eigenvalue weighted by molar-refractivity contribution is 6.32. The molecule has 2 aromatic carbocycles. The van der Waals surface area contributed by atoms with E-state index in [-0.39, 0.29) is 22.7 Å². The quantitative estimate of drug-likeness (QED) is 0.604. The van der Waals surface area contributed by atoms with E-state index in [1.54, 1.807) is 18.2 Å². The van der Waals surface area contributed by atoms with Gasteiger partial charge in [-0.2, -0.15) is 0 Å². The van der Waals surface area contributed by atoms with Crippen LogP contribution < -0.4 is 5.32 Å². The first-order valence-electron chi connectivity index (χ1n) is 11.0. The van der Waals surface area contributed by atoms with Gasteiger partial charge in [-0.25, -0.2) is 4.39 Å². The third kappa shape index (κ3) is 3.48. The normalized spacial score (nSPS) is 18.7. The Morgan fingerprint density at radius 1 is 1.19 bits per heavy atom. The number of hydrogen-bond acceptors (Lipinski definition) is 3. The molecule has 166 valence electrons. The third-order valence-corrected chi connectivity index (χ3v) is 6.88. The predicted molar refractivity (Wildman–Crippen MR) is 123 cm³/mol. The number of amides is 1. The van der Waals surface area contributed by atoms with Crippen molar-refractivity contribution in [2.45, 2.75) is 32.2 Å². The van der Waals surface area contributed by atoms with Crippen molar-refractivity contribution in [2.24, 2.45) is 0 Å². The smallest absolute Gasteiger partial charge is 0.256 e. The molecule has 1 amide bonds. The molecule has 5 nitrogen and oxygen atoms in total. The van der Waals surface area contributed by atoms with Gasteiger partial charge in [-0.05, 0) is 79.9 Å². The molecule has 5 rings (SSSR count). The van der Waals surface area contributed by atoms with Gasteiger partial charge in [-0.15, -0.1) is 0 Å². The number of aromatic nitrogens is 1. The lowest BCUT2D eigenvalue weighted by Crippen LogP contribution is -2.51. The van der Waals surface area contributed by atoms with Gasteiger partial charge in [0, 0.05) is 31.2 Å². The zero-order chi connectivity index (χ0) is 22.4. The molecule has 1 aromatic heterocycles. The van der Waals surface area contributed by atoms with Crippen LogP contribution in [-0.2, 0) is 6.42 Å². The molecule has 0 saturated carbocycles. The standard InChI is InChI=1S/C25H25ClFN3O2/c1-15-23-22(10-12-29(25(23)32)18-3-2-11-28-14-18)30(21-9-6-17(27)13-20(21)26)24(15)16-4-7-19(31)8-5-16/h4-9,13,18,28,31H,2-3,10-12,14H2,1H3. The third-order valence-electron chi connectivity index (χ3n) is 6.58. The molecule has 1 unspecified atom stereocenters. The number of aromatic hydroxyl groups is 1. The van der Waals surface area contributed by atoms with Crippen LogP contribution in [0.15, 0.2) is 42.5 Å². The Bertz CT molecular complexity index is 1180. The average molecular weight is 454 g/mol. The lowest BCUT2D eigenvalue weighted by Gasteiger charge is -2.37. The summed E-state index contributed by atoms with van der Waals surface area (Å²) in [6.07, 6.45) is 2.75. The van der Waals surface area contributed by atoms with Gasteiger partial charge < -0.3 is 19.9 Å². The zero-order valence-electron chi connectivity index (χ0n) is 17.9. The van der Waals surface area contributed by atoms with Crippen LogP contribution in [0.3, 0.4) is 0 Å². The predicted octanol–water partition coefficient (Wildman–Crippen LogP) is 4.70. The number of phenols is 1. The number of carbonyl (C=O) groups excluding carboxylic acids is 1. The van der Waals surface area contributed by atoms with E-state index in [0.29, 0.717) is 24.2 Å². The molecule has 3 heterocycles. The van der Waals surface area contributed by atoms with Crippen molar-refractivity contribution in [3.05, 3.63) is 70.1 Å². The van der Waals surface area contributed by atoms with E-state index in [1.807, 2.05) is 28.5 Å². The van der Waals surface area contributed by atoms with Crippen LogP contribution in [0.25, 0.3) is 16.9 Å². The van der Waals surface area contributed by atoms with Gasteiger partial charge in [-0.1, -0.05) is 11.6 Å². The summed E-state index contributed by atoms with van der Waals surface area (Å²) in [6.45, 7) is 4.40. The first kappa shape index (κ1) is 21.0. The Hall–Kier alpha value is -2.83. The van der Waals surface area contributed by atoms with Crippen LogP contribution in [0, 0.1) is 12.7 Å². The van der Waals surface area contributed by atoms with E-state index in [0.717, 1.165) is 48.4 Å². The van der Waals surface area contributed by atoms with Crippen molar-refractivity contribution in [2.75, 3.05) is 19.6 Å². The van der Waals surface area contributed by atoms with Crippen LogP contribution in [0.5, 0.6) is 5.75 Å². The second-order valence-corrected chi connectivity index (χ2v) is 8.93. The Morgan fingerprint density at radius 2 is 1.97 bits per heavy atom. The van der Waals surface area contributed by atoms with E-state index in [4.69, 9.17) is 11.6 Å². The van der Waals surface area contributed by atoms with Gasteiger partial charge in [0.05, 0.1) is 22.0 Å². The topological polar surface area (TPSA) is 57.5 Å². The molecule has 32 heavy (non-hydrogen) atoms. The van der Waals surface area contributed by atoms with Crippen LogP contribution in [-0.4, -0.2) is 46.2 Å². The Kier molecular flexibility index (Phi) is 5.43. The summed E-state index contributed by atoms with van der Waals surface area (Å²) in [5.41, 5.74) is 4.79. The van der Waals surface area contributed by atoms with Gasteiger partial charge in [0.1, 0.15) is 11.6 Å². The van der Waals surface area contributed by atoms with E-state index >= 15 is 0 Å². The van der Waals surface area contributed by atoms with Crippen molar-refractivity contribution in [3.63, 3.8) is 0 Å². The first-order valence-corrected chi connectivity index (χ1v) is 11.3. The van der Waals surface area contributed by atoms with Crippen LogP contribution >= 0.6 is 11.6 Å². The van der Waals surface area contributed by atoms with E-state index in [2.05, 4.69) is 5.32 Å². The molecule has 0 bridgehead atoms. The maximum absolute atomic E-state index is 13.8. The van der Waals surface area contributed by atoms with Crippen LogP contribution in [0.4, 0.5) is 4.39 Å². The molecule has 2 aliphatic rings. The minimum Gasteiger partial charge on any atom is -0.508 e. The molecule has 3 aromatic rings. The first-order chi connectivity index (χ1) is 15.5. The van der Waals surface area contributed by atoms with Crippen molar-refractivity contribution < 1.29 is 14.3 Å². The summed E-state index contributed by atoms with van der Waals surface area (Å²) in [7, 11) is 0. The molecule has 0 aliphatic carbocycles. The summed E-state index contributed by atoms with van der Waals surface area (Å²) in [5.74, 6) is -0.203. The lowest BCUT2D eigenvalue weighted by molar-refractivity contribution is 0.0628. The number of phenolic OH excluding ortho intramolecular Hbond substituents is 1. The molecular weight excluding hydrogens is 429 g/mol. The number of halogens is 2. The maximum atomic E-state index is 13.8. The summed E-state index contributed by atoms with van der Waals surface area (Å²) in [5, 5.41) is 13.5. The molecule has 1 saturated heterocycles. The Labute approximate surface area is 191 Å². The second-order valence-electron chi connectivity index (χ2n) is 8.52. The zero-order valence-corrected chi connectivity index (χ0v) is 18.6. The number of hydrogen-bond donors (Lipinski definition) is 2. The summed E-state index contributed by atoms with van der Waals surface area (Å²) in [4.78, 5) is 15.7. The second kappa shape index (κ2) is 8.26. The fraction of sp³-hybridized carbons (Fsp3) is 0.320. The van der Waals surface area contributed by atoms with Crippen LogP contribution in [0.2, 0.25) is 5.02 Å². The number of carbonyl (C=O) groups is 1. The number of nitrogens with one attached hydrogen (secondary N) is 1. The number of rotatable bonds is 3. The largest absolute Gasteiger partial charge is 0.508 e. The minimum atomic E-state index is -0.408. The highest BCUT2D eigenvalue weighted by Gasteiger charge is 2.36. The van der Waals surface area contributed by atoms with Gasteiger partial charge in [0.25, 0.3) is 5.91 Å². The lowest BCUT2D eigenvalue weighted by atomic mass is 9.97. The molecule has 1 fully saturated rings. The van der Waals surface area contributed by atoms with Gasteiger partial charge >= 0.3 is 0 Å². The highest BCUT2D eigenvalue weighted by atomic mass is 35.5. The summed E-state index contributed by atoms with van der Waals surface area (Å²) >= 11 is 6.48.